The molecule has 0 spiro atoms. The molecule has 0 bridgehead atoms. The lowest BCUT2D eigenvalue weighted by Gasteiger charge is -2.29. The van der Waals surface area contributed by atoms with Gasteiger partial charge in [-0.1, -0.05) is 58.5 Å². The molecule has 0 heterocycles. The Bertz CT molecular complexity index is 902. The van der Waals surface area contributed by atoms with E-state index in [1.165, 1.54) is 4.90 Å². The quantitative estimate of drug-likeness (QED) is 0.551. The Morgan fingerprint density at radius 1 is 0.862 bits per heavy atom. The summed E-state index contributed by atoms with van der Waals surface area (Å²) >= 11 is 24.1. The summed E-state index contributed by atoms with van der Waals surface area (Å²) in [6.45, 7) is 5.64. The molecule has 0 saturated carbocycles. The Labute approximate surface area is 191 Å². The van der Waals surface area contributed by atoms with E-state index in [1.807, 2.05) is 13.8 Å². The minimum absolute atomic E-state index is 0.0399. The largest absolute Gasteiger partial charge is 0.352 e. The van der Waals surface area contributed by atoms with Crippen molar-refractivity contribution in [3.05, 3.63) is 67.6 Å². The fourth-order valence-electron chi connectivity index (χ4n) is 2.75. The highest BCUT2D eigenvalue weighted by Gasteiger charge is 2.26. The van der Waals surface area contributed by atoms with Crippen molar-refractivity contribution in [1.29, 1.82) is 0 Å². The average molecular weight is 476 g/mol. The monoisotopic (exact) mass is 474 g/mol. The molecule has 8 heteroatoms. The Morgan fingerprint density at radius 3 is 1.90 bits per heavy atom. The van der Waals surface area contributed by atoms with Gasteiger partial charge in [0.2, 0.25) is 11.8 Å². The van der Waals surface area contributed by atoms with Gasteiger partial charge in [0, 0.05) is 12.6 Å². The number of hydrogen-bond donors (Lipinski definition) is 1. The number of amides is 2. The molecule has 0 aliphatic rings. The van der Waals surface area contributed by atoms with Gasteiger partial charge >= 0.3 is 0 Å². The van der Waals surface area contributed by atoms with E-state index in [1.54, 1.807) is 43.3 Å². The fraction of sp³-hybridized carbons (Fsp3) is 0.333. The highest BCUT2D eigenvalue weighted by atomic mass is 35.5. The first-order chi connectivity index (χ1) is 13.6. The van der Waals surface area contributed by atoms with Crippen LogP contribution >= 0.6 is 46.4 Å². The number of nitrogens with zero attached hydrogens (tertiary/aromatic N) is 1. The molecule has 2 rings (SSSR count). The predicted molar refractivity (Wildman–Crippen MR) is 120 cm³/mol. The van der Waals surface area contributed by atoms with Gasteiger partial charge in [-0.05, 0) is 56.2 Å². The van der Waals surface area contributed by atoms with Gasteiger partial charge in [0.05, 0.1) is 26.5 Å². The third-order valence-corrected chi connectivity index (χ3v) is 5.75. The zero-order chi connectivity index (χ0) is 21.7. The molecule has 2 aromatic carbocycles. The molecule has 0 aliphatic carbocycles. The van der Waals surface area contributed by atoms with E-state index < -0.39 is 6.04 Å². The van der Waals surface area contributed by atoms with E-state index in [4.69, 9.17) is 46.4 Å². The summed E-state index contributed by atoms with van der Waals surface area (Å²) in [5.41, 5.74) is 1.48. The molecule has 0 saturated heterocycles. The maximum atomic E-state index is 13.1. The summed E-state index contributed by atoms with van der Waals surface area (Å²) in [5.74, 6) is -0.455. The van der Waals surface area contributed by atoms with Gasteiger partial charge in [0.1, 0.15) is 6.04 Å². The zero-order valence-electron chi connectivity index (χ0n) is 16.3. The number of halogens is 4. The minimum Gasteiger partial charge on any atom is -0.352 e. The molecule has 0 unspecified atom stereocenters. The number of carbonyl (C=O) groups is 2. The minimum atomic E-state index is -0.679. The lowest BCUT2D eigenvalue weighted by atomic mass is 10.1. The van der Waals surface area contributed by atoms with Crippen LogP contribution < -0.4 is 5.32 Å². The summed E-state index contributed by atoms with van der Waals surface area (Å²) in [4.78, 5) is 27.2. The molecule has 2 aromatic rings. The molecule has 0 aliphatic heterocycles. The number of benzene rings is 2. The average Bonchev–Trinajstić information content (AvgIpc) is 2.64. The number of carbonyl (C=O) groups excluding carboxylic acids is 2. The van der Waals surface area contributed by atoms with Crippen molar-refractivity contribution in [2.75, 3.05) is 0 Å². The molecule has 0 radical (unpaired) electrons. The van der Waals surface area contributed by atoms with Crippen LogP contribution in [0, 0.1) is 0 Å². The zero-order valence-corrected chi connectivity index (χ0v) is 19.3. The molecule has 1 atom stereocenters. The summed E-state index contributed by atoms with van der Waals surface area (Å²) in [6, 6.07) is 9.45. The van der Waals surface area contributed by atoms with Gasteiger partial charge in [0.15, 0.2) is 0 Å². The van der Waals surface area contributed by atoms with Crippen LogP contribution in [0.1, 0.15) is 31.9 Å². The molecule has 0 aromatic heterocycles. The van der Waals surface area contributed by atoms with E-state index >= 15 is 0 Å². The van der Waals surface area contributed by atoms with Crippen LogP contribution in [0.25, 0.3) is 0 Å². The second-order valence-electron chi connectivity index (χ2n) is 7.03. The second kappa shape index (κ2) is 10.5. The number of nitrogens with one attached hydrogen (secondary N) is 1. The van der Waals surface area contributed by atoms with E-state index in [0.29, 0.717) is 25.7 Å². The molecule has 2 amide bonds. The van der Waals surface area contributed by atoms with Gasteiger partial charge < -0.3 is 10.2 Å². The molecule has 0 fully saturated rings. The Hall–Kier alpha value is -1.46. The van der Waals surface area contributed by atoms with Crippen molar-refractivity contribution < 1.29 is 9.59 Å². The normalized spacial score (nSPS) is 12.0. The molecular formula is C21H22Cl4N2O2. The Kier molecular flexibility index (Phi) is 8.65. The van der Waals surface area contributed by atoms with E-state index in [-0.39, 0.29) is 30.8 Å². The van der Waals surface area contributed by atoms with Crippen LogP contribution in [0.5, 0.6) is 0 Å². The molecule has 29 heavy (non-hydrogen) atoms. The first kappa shape index (κ1) is 23.8. The third-order valence-electron chi connectivity index (χ3n) is 4.27. The topological polar surface area (TPSA) is 49.4 Å². The first-order valence-electron chi connectivity index (χ1n) is 9.06. The summed E-state index contributed by atoms with van der Waals surface area (Å²) in [7, 11) is 0. The smallest absolute Gasteiger partial charge is 0.242 e. The van der Waals surface area contributed by atoms with Crippen LogP contribution in [0.4, 0.5) is 0 Å². The standard InChI is InChI=1S/C21H22Cl4N2O2/c1-12(2)26-21(29)13(3)27(11-15-5-7-17(23)19(25)9-15)20(28)10-14-4-6-16(22)18(24)8-14/h4-9,12-13H,10-11H2,1-3H3,(H,26,29)/t13-/m0/s1. The number of hydrogen-bond acceptors (Lipinski definition) is 2. The van der Waals surface area contributed by atoms with Crippen molar-refractivity contribution >= 4 is 58.2 Å². The third kappa shape index (κ3) is 6.78. The van der Waals surface area contributed by atoms with Gasteiger partial charge in [-0.3, -0.25) is 9.59 Å². The summed E-state index contributed by atoms with van der Waals surface area (Å²) in [6.07, 6.45) is 0.0809. The highest BCUT2D eigenvalue weighted by molar-refractivity contribution is 6.42. The van der Waals surface area contributed by atoms with Gasteiger partial charge in [-0.15, -0.1) is 0 Å². The lowest BCUT2D eigenvalue weighted by Crippen LogP contribution is -2.49. The fourth-order valence-corrected chi connectivity index (χ4v) is 3.39. The molecule has 1 N–H and O–H groups in total. The summed E-state index contributed by atoms with van der Waals surface area (Å²) in [5, 5.41) is 4.45. The van der Waals surface area contributed by atoms with Crippen LogP contribution in [-0.2, 0) is 22.6 Å². The van der Waals surface area contributed by atoms with Crippen LogP contribution in [0.15, 0.2) is 36.4 Å². The second-order valence-corrected chi connectivity index (χ2v) is 8.66. The van der Waals surface area contributed by atoms with Crippen molar-refractivity contribution in [3.8, 4) is 0 Å². The van der Waals surface area contributed by atoms with E-state index in [9.17, 15) is 9.59 Å². The van der Waals surface area contributed by atoms with E-state index in [0.717, 1.165) is 5.56 Å². The first-order valence-corrected chi connectivity index (χ1v) is 10.6. The summed E-state index contributed by atoms with van der Waals surface area (Å²) < 4.78 is 0. The van der Waals surface area contributed by atoms with Gasteiger partial charge in [-0.2, -0.15) is 0 Å². The Balaban J connectivity index is 2.28. The van der Waals surface area contributed by atoms with Gasteiger partial charge in [0.25, 0.3) is 0 Å². The maximum absolute atomic E-state index is 13.1. The number of rotatable bonds is 7. The van der Waals surface area contributed by atoms with Crippen LogP contribution in [0.3, 0.4) is 0 Å². The van der Waals surface area contributed by atoms with Gasteiger partial charge in [-0.25, -0.2) is 0 Å². The van der Waals surface area contributed by atoms with E-state index in [2.05, 4.69) is 5.32 Å². The SMILES string of the molecule is CC(C)NC(=O)[C@H](C)N(Cc1ccc(Cl)c(Cl)c1)C(=O)Cc1ccc(Cl)c(Cl)c1. The molecular weight excluding hydrogens is 454 g/mol. The highest BCUT2D eigenvalue weighted by Crippen LogP contribution is 2.25. The molecule has 156 valence electrons. The van der Waals surface area contributed by atoms with Crippen molar-refractivity contribution in [1.82, 2.24) is 10.2 Å². The lowest BCUT2D eigenvalue weighted by molar-refractivity contribution is -0.140. The maximum Gasteiger partial charge on any atom is 0.242 e. The van der Waals surface area contributed by atoms with Crippen molar-refractivity contribution in [2.24, 2.45) is 0 Å². The Morgan fingerprint density at radius 2 is 1.38 bits per heavy atom. The molecule has 4 nitrogen and oxygen atoms in total. The van der Waals surface area contributed by atoms with Crippen LogP contribution in [0.2, 0.25) is 20.1 Å². The van der Waals surface area contributed by atoms with Crippen LogP contribution in [-0.4, -0.2) is 28.8 Å². The van der Waals surface area contributed by atoms with Crippen molar-refractivity contribution in [2.45, 2.75) is 45.8 Å². The predicted octanol–water partition coefficient (Wildman–Crippen LogP) is 5.78. The van der Waals surface area contributed by atoms with Crippen molar-refractivity contribution in [3.63, 3.8) is 0 Å².